The Morgan fingerprint density at radius 1 is 1.63 bits per heavy atom. The average Bonchev–Trinajstić information content (AvgIpc) is 3.14. The molecular formula is C14H16FN7O4S. The van der Waals surface area contributed by atoms with Crippen LogP contribution in [0.3, 0.4) is 0 Å². The van der Waals surface area contributed by atoms with Gasteiger partial charge in [0.05, 0.1) is 12.4 Å². The second-order valence-corrected chi connectivity index (χ2v) is 6.24. The van der Waals surface area contributed by atoms with Gasteiger partial charge >= 0.3 is 0 Å². The van der Waals surface area contributed by atoms with Gasteiger partial charge in [-0.05, 0) is 6.92 Å². The number of nitrogens with zero attached hydrogens (tertiary/aromatic N) is 5. The van der Waals surface area contributed by atoms with Crippen LogP contribution in [-0.4, -0.2) is 65.4 Å². The second-order valence-electron chi connectivity index (χ2n) is 5.83. The zero-order valence-corrected chi connectivity index (χ0v) is 14.8. The van der Waals surface area contributed by atoms with Crippen LogP contribution in [0.2, 0.25) is 0 Å². The quantitative estimate of drug-likeness (QED) is 0.156. The van der Waals surface area contributed by atoms with E-state index < -0.39 is 36.8 Å². The molecular weight excluding hydrogens is 381 g/mol. The number of aliphatic hydroxyl groups excluding tert-OH is 2. The Kier molecular flexibility index (Phi) is 5.18. The van der Waals surface area contributed by atoms with Gasteiger partial charge in [-0.1, -0.05) is 34.4 Å². The number of aromatic nitrogens is 4. The number of H-pyrrole nitrogens is 1. The molecule has 6 N–H and O–H groups in total. The van der Waals surface area contributed by atoms with Crippen LogP contribution in [0.5, 0.6) is 0 Å². The summed E-state index contributed by atoms with van der Waals surface area (Å²) < 4.78 is 19.6. The van der Waals surface area contributed by atoms with Crippen LogP contribution in [0, 0.1) is 16.5 Å². The average molecular weight is 397 g/mol. The van der Waals surface area contributed by atoms with Crippen molar-refractivity contribution in [2.75, 3.05) is 6.67 Å². The summed E-state index contributed by atoms with van der Waals surface area (Å²) in [5, 5.41) is 37.9. The van der Waals surface area contributed by atoms with Gasteiger partial charge in [0.1, 0.15) is 29.0 Å². The van der Waals surface area contributed by atoms with Crippen molar-refractivity contribution >= 4 is 29.3 Å². The second kappa shape index (κ2) is 7.25. The summed E-state index contributed by atoms with van der Waals surface area (Å²) in [6, 6.07) is 0. The van der Waals surface area contributed by atoms with E-state index in [4.69, 9.17) is 22.8 Å². The SMILES string of the molecule is C[C@@H](O)[C@H]1O[C@@H](n2cnc3c(=S)[nH]c(N=NN)nc32)[C@@](O)(C#CCF)C1O. The van der Waals surface area contributed by atoms with Crippen molar-refractivity contribution in [3.8, 4) is 11.8 Å². The van der Waals surface area contributed by atoms with Gasteiger partial charge in [-0.3, -0.25) is 4.57 Å². The summed E-state index contributed by atoms with van der Waals surface area (Å²) >= 11 is 5.17. The Morgan fingerprint density at radius 3 is 3.00 bits per heavy atom. The van der Waals surface area contributed by atoms with Gasteiger partial charge < -0.3 is 30.9 Å². The minimum Gasteiger partial charge on any atom is -0.391 e. The van der Waals surface area contributed by atoms with Gasteiger partial charge in [-0.2, -0.15) is 4.98 Å². The van der Waals surface area contributed by atoms with E-state index in [1.165, 1.54) is 17.8 Å². The third-order valence-corrected chi connectivity index (χ3v) is 4.38. The normalized spacial score (nSPS) is 29.1. The lowest BCUT2D eigenvalue weighted by molar-refractivity contribution is -0.0847. The van der Waals surface area contributed by atoms with Crippen molar-refractivity contribution in [1.29, 1.82) is 0 Å². The molecule has 0 aliphatic carbocycles. The first-order valence-electron chi connectivity index (χ1n) is 7.71. The summed E-state index contributed by atoms with van der Waals surface area (Å²) in [5.41, 5.74) is -1.86. The fourth-order valence-electron chi connectivity index (χ4n) is 2.88. The molecule has 3 rings (SSSR count). The number of fused-ring (bicyclic) bond motifs is 1. The monoisotopic (exact) mass is 397 g/mol. The van der Waals surface area contributed by atoms with E-state index >= 15 is 0 Å². The zero-order valence-electron chi connectivity index (χ0n) is 13.9. The summed E-state index contributed by atoms with van der Waals surface area (Å²) in [6.45, 7) is 0.329. The highest BCUT2D eigenvalue weighted by molar-refractivity contribution is 7.71. The van der Waals surface area contributed by atoms with Gasteiger partial charge in [-0.25, -0.2) is 9.37 Å². The van der Waals surface area contributed by atoms with E-state index in [0.717, 1.165) is 0 Å². The first-order chi connectivity index (χ1) is 12.8. The number of hydrogen-bond donors (Lipinski definition) is 5. The van der Waals surface area contributed by atoms with Crippen LogP contribution in [0.25, 0.3) is 11.2 Å². The summed E-state index contributed by atoms with van der Waals surface area (Å²) in [5.74, 6) is 9.35. The molecule has 1 unspecified atom stereocenters. The van der Waals surface area contributed by atoms with Crippen LogP contribution >= 0.6 is 12.2 Å². The van der Waals surface area contributed by atoms with Crippen LogP contribution in [0.4, 0.5) is 10.3 Å². The first-order valence-corrected chi connectivity index (χ1v) is 8.12. The molecule has 2 aromatic rings. The molecule has 0 aromatic carbocycles. The van der Waals surface area contributed by atoms with E-state index in [-0.39, 0.29) is 21.8 Å². The topological polar surface area (TPSA) is 167 Å². The van der Waals surface area contributed by atoms with Gasteiger partial charge in [0, 0.05) is 0 Å². The van der Waals surface area contributed by atoms with E-state index in [0.29, 0.717) is 0 Å². The molecule has 27 heavy (non-hydrogen) atoms. The lowest BCUT2D eigenvalue weighted by Gasteiger charge is -2.26. The standard InChI is InChI=1S/C14H16FN7O4S/c1-6(23)8-9(24)14(25,3-2-4-15)12(26-8)22-5-17-7-10(22)18-13(20-21-16)19-11(7)27/h5-6,8-9,12,23-25H,4H2,1H3,(H3,16,18,19,20,27)/t6-,8-,9?,12-,14-/m1/s1. The number of imidazole rings is 1. The molecule has 144 valence electrons. The van der Waals surface area contributed by atoms with Crippen molar-refractivity contribution in [2.45, 2.75) is 37.1 Å². The van der Waals surface area contributed by atoms with E-state index in [1.54, 1.807) is 0 Å². The van der Waals surface area contributed by atoms with Crippen LogP contribution < -0.4 is 5.84 Å². The molecule has 1 saturated heterocycles. The van der Waals surface area contributed by atoms with Crippen molar-refractivity contribution in [2.24, 2.45) is 16.2 Å². The van der Waals surface area contributed by atoms with Crippen LogP contribution in [0.1, 0.15) is 13.2 Å². The molecule has 11 nitrogen and oxygen atoms in total. The number of hydrogen-bond acceptors (Lipinski definition) is 9. The smallest absolute Gasteiger partial charge is 0.251 e. The fourth-order valence-corrected chi connectivity index (χ4v) is 3.11. The number of aromatic amines is 1. The van der Waals surface area contributed by atoms with Gasteiger partial charge in [0.15, 0.2) is 17.5 Å². The molecule has 0 bridgehead atoms. The van der Waals surface area contributed by atoms with Crippen molar-refractivity contribution in [3.63, 3.8) is 0 Å². The van der Waals surface area contributed by atoms with Gasteiger partial charge in [0.25, 0.3) is 5.95 Å². The van der Waals surface area contributed by atoms with Crippen LogP contribution in [-0.2, 0) is 4.74 Å². The summed E-state index contributed by atoms with van der Waals surface area (Å²) in [7, 11) is 0. The molecule has 0 amide bonds. The van der Waals surface area contributed by atoms with Crippen molar-refractivity contribution < 1.29 is 24.4 Å². The number of ether oxygens (including phenoxy) is 1. The number of nitrogens with two attached hydrogens (primary N) is 1. The predicted octanol–water partition coefficient (Wildman–Crippen LogP) is -0.211. The molecule has 1 fully saturated rings. The molecule has 5 atom stereocenters. The maximum atomic E-state index is 12.6. The Bertz CT molecular complexity index is 997. The Hall–Kier alpha value is -2.50. The summed E-state index contributed by atoms with van der Waals surface area (Å²) in [6.07, 6.45) is -4.05. The van der Waals surface area contributed by atoms with Gasteiger partial charge in [-0.15, -0.1) is 0 Å². The lowest BCUT2D eigenvalue weighted by atomic mass is 9.93. The Morgan fingerprint density at radius 2 is 2.37 bits per heavy atom. The third-order valence-electron chi connectivity index (χ3n) is 4.08. The summed E-state index contributed by atoms with van der Waals surface area (Å²) in [4.78, 5) is 10.9. The number of alkyl halides is 1. The van der Waals surface area contributed by atoms with E-state index in [1.807, 2.05) is 0 Å². The first kappa shape index (κ1) is 19.3. The highest BCUT2D eigenvalue weighted by Crippen LogP contribution is 2.40. The lowest BCUT2D eigenvalue weighted by Crippen LogP contribution is -2.47. The maximum absolute atomic E-state index is 12.6. The Balaban J connectivity index is 2.19. The minimum atomic E-state index is -2.24. The minimum absolute atomic E-state index is 0.0271. The van der Waals surface area contributed by atoms with Crippen LogP contribution in [0.15, 0.2) is 16.7 Å². The largest absolute Gasteiger partial charge is 0.391 e. The number of aliphatic hydroxyl groups is 3. The van der Waals surface area contributed by atoms with E-state index in [9.17, 15) is 19.7 Å². The number of halogens is 1. The van der Waals surface area contributed by atoms with Crippen molar-refractivity contribution in [1.82, 2.24) is 19.5 Å². The molecule has 0 spiro atoms. The van der Waals surface area contributed by atoms with Gasteiger partial charge in [0.2, 0.25) is 0 Å². The molecule has 3 heterocycles. The zero-order chi connectivity index (χ0) is 19.8. The molecule has 0 saturated carbocycles. The molecule has 1 aliphatic heterocycles. The molecule has 2 aromatic heterocycles. The molecule has 1 aliphatic rings. The fraction of sp³-hybridized carbons (Fsp3) is 0.500. The molecule has 0 radical (unpaired) electrons. The maximum Gasteiger partial charge on any atom is 0.251 e. The number of rotatable bonds is 3. The molecule has 13 heteroatoms. The predicted molar refractivity (Wildman–Crippen MR) is 91.7 cm³/mol. The van der Waals surface area contributed by atoms with Crippen molar-refractivity contribution in [3.05, 3.63) is 11.0 Å². The highest BCUT2D eigenvalue weighted by Gasteiger charge is 2.57. The number of nitrogens with one attached hydrogen (secondary N) is 1. The highest BCUT2D eigenvalue weighted by atomic mass is 32.1. The third kappa shape index (κ3) is 3.17. The van der Waals surface area contributed by atoms with E-state index in [2.05, 4.69) is 37.1 Å². The Labute approximate surface area is 156 Å².